The van der Waals surface area contributed by atoms with Gasteiger partial charge in [0.15, 0.2) is 24.3 Å². The van der Waals surface area contributed by atoms with Gasteiger partial charge in [-0.25, -0.2) is 26.6 Å². The topological polar surface area (TPSA) is 234 Å². The van der Waals surface area contributed by atoms with Crippen molar-refractivity contribution in [2.75, 3.05) is 24.6 Å². The van der Waals surface area contributed by atoms with E-state index in [-0.39, 0.29) is 42.7 Å². The van der Waals surface area contributed by atoms with Crippen molar-refractivity contribution < 1.29 is 36.3 Å². The summed E-state index contributed by atoms with van der Waals surface area (Å²) in [5, 5.41) is 20.1. The van der Waals surface area contributed by atoms with E-state index in [9.17, 15) is 36.3 Å². The number of rotatable bonds is 14. The van der Waals surface area contributed by atoms with Crippen molar-refractivity contribution in [3.8, 4) is 0 Å². The lowest BCUT2D eigenvalue weighted by Crippen LogP contribution is -2.59. The Balaban J connectivity index is 1.36. The van der Waals surface area contributed by atoms with Gasteiger partial charge in [0.05, 0.1) is 30.0 Å². The molecular formula is C35H53N7O8S2. The number of likely N-dealkylation sites (tertiary alicyclic amines) is 1. The molecule has 2 saturated heterocycles. The number of nitrogens with one attached hydrogen (secondary N) is 4. The van der Waals surface area contributed by atoms with Crippen LogP contribution in [0.4, 0.5) is 4.79 Å². The average Bonchev–Trinajstić information content (AvgIpc) is 3.63. The van der Waals surface area contributed by atoms with E-state index in [0.29, 0.717) is 38.0 Å². The molecule has 7 N–H and O–H groups in total. The van der Waals surface area contributed by atoms with Gasteiger partial charge < -0.3 is 36.7 Å². The third-order valence-corrected chi connectivity index (χ3v) is 16.0. The molecule has 1 aromatic carbocycles. The number of sulfone groups is 2. The summed E-state index contributed by atoms with van der Waals surface area (Å²) in [6.07, 6.45) is 7.40. The number of carbonyl (C=O) groups excluding carboxylic acids is 3. The fourth-order valence-electron chi connectivity index (χ4n) is 7.48. The van der Waals surface area contributed by atoms with Crippen molar-refractivity contribution >= 4 is 37.5 Å². The van der Waals surface area contributed by atoms with Crippen LogP contribution in [0.2, 0.25) is 0 Å². The van der Waals surface area contributed by atoms with Gasteiger partial charge in [-0.3, -0.25) is 9.59 Å². The first-order valence-corrected chi connectivity index (χ1v) is 21.8. The van der Waals surface area contributed by atoms with Crippen LogP contribution in [0.5, 0.6) is 0 Å². The highest BCUT2D eigenvalue weighted by atomic mass is 32.3. The van der Waals surface area contributed by atoms with E-state index < -0.39 is 72.8 Å². The monoisotopic (exact) mass is 763 g/mol. The van der Waals surface area contributed by atoms with Crippen LogP contribution < -0.4 is 21.7 Å². The molecule has 15 nitrogen and oxygen atoms in total. The van der Waals surface area contributed by atoms with Crippen molar-refractivity contribution in [3.63, 3.8) is 0 Å². The van der Waals surface area contributed by atoms with Gasteiger partial charge in [-0.2, -0.15) is 0 Å². The van der Waals surface area contributed by atoms with Crippen molar-refractivity contribution in [2.24, 2.45) is 11.7 Å². The van der Waals surface area contributed by atoms with E-state index in [4.69, 9.17) is 5.73 Å². The van der Waals surface area contributed by atoms with Crippen molar-refractivity contribution in [1.29, 1.82) is 0 Å². The third-order valence-electron chi connectivity index (χ3n) is 10.5. The standard InChI is InChI=1S/C35H53N7O8S2/c36-26-12-14-42(15-13-26)35(46)41-29(19-25-10-5-2-6-11-25)33(44)40-30(20-27-22-37-23-38-27)34(45)39-28(18-24-8-3-1-4-9-24)31(43)21-32-51(47,48)16-7-17-52(32,49)50/h2,5-6,10-11,22-24,26,28-32,43H,1,3-4,7-9,12-21,36H2,(H,37,38)(H,39,45)(H,40,44)(H,41,46)/t28-,29-,30-,31-/m0/s1. The number of urea groups is 1. The fourth-order valence-corrected chi connectivity index (χ4v) is 12.6. The number of imidazole rings is 1. The Labute approximate surface area is 306 Å². The number of nitrogens with zero attached hydrogens (tertiary/aromatic N) is 2. The third kappa shape index (κ3) is 11.0. The summed E-state index contributed by atoms with van der Waals surface area (Å²) in [4.78, 5) is 50.2. The average molecular weight is 764 g/mol. The normalized spacial score (nSPS) is 22.1. The van der Waals surface area contributed by atoms with Crippen LogP contribution in [0.3, 0.4) is 0 Å². The maximum Gasteiger partial charge on any atom is 0.318 e. The van der Waals surface area contributed by atoms with E-state index >= 15 is 0 Å². The lowest BCUT2D eigenvalue weighted by Gasteiger charge is -2.34. The first kappa shape index (κ1) is 39.7. The summed E-state index contributed by atoms with van der Waals surface area (Å²) >= 11 is 0. The molecule has 1 aliphatic carbocycles. The number of aliphatic hydroxyl groups is 1. The number of aromatic nitrogens is 2. The van der Waals surface area contributed by atoms with Crippen LogP contribution in [0, 0.1) is 5.92 Å². The molecule has 3 heterocycles. The second-order valence-electron chi connectivity index (χ2n) is 14.5. The summed E-state index contributed by atoms with van der Waals surface area (Å²) in [7, 11) is -8.03. The summed E-state index contributed by atoms with van der Waals surface area (Å²) in [5.41, 5.74) is 7.36. The van der Waals surface area contributed by atoms with Crippen LogP contribution in [0.1, 0.15) is 75.5 Å². The van der Waals surface area contributed by atoms with E-state index in [2.05, 4.69) is 25.9 Å². The highest BCUT2D eigenvalue weighted by molar-refractivity contribution is 8.09. The van der Waals surface area contributed by atoms with Crippen LogP contribution in [0.25, 0.3) is 0 Å². The minimum atomic E-state index is -4.02. The SMILES string of the molecule is NC1CCN(C(=O)N[C@@H](Cc2ccccc2)C(=O)N[C@@H](Cc2cnc[nH]2)C(=O)N[C@@H](CC2CCCCC2)[C@@H](O)CC2S(=O)(=O)CCCS2(=O)=O)CC1. The number of carbonyl (C=O) groups is 3. The summed E-state index contributed by atoms with van der Waals surface area (Å²) in [6, 6.07) is 5.54. The molecule has 288 valence electrons. The Hall–Kier alpha value is -3.54. The second-order valence-corrected chi connectivity index (χ2v) is 19.4. The summed E-state index contributed by atoms with van der Waals surface area (Å²) < 4.78 is 49.8. The minimum absolute atomic E-state index is 0.00569. The zero-order chi connectivity index (χ0) is 37.3. The van der Waals surface area contributed by atoms with Gasteiger partial charge in [-0.05, 0) is 37.2 Å². The largest absolute Gasteiger partial charge is 0.391 e. The van der Waals surface area contributed by atoms with Gasteiger partial charge in [-0.15, -0.1) is 0 Å². The molecule has 0 unspecified atom stereocenters. The molecule has 2 aliphatic heterocycles. The maximum absolute atomic E-state index is 14.2. The molecule has 52 heavy (non-hydrogen) atoms. The van der Waals surface area contributed by atoms with Gasteiger partial charge in [-0.1, -0.05) is 62.4 Å². The van der Waals surface area contributed by atoms with E-state index in [1.54, 1.807) is 4.90 Å². The van der Waals surface area contributed by atoms with E-state index in [1.807, 2.05) is 30.3 Å². The number of H-pyrrole nitrogens is 1. The van der Waals surface area contributed by atoms with Gasteiger partial charge in [0.1, 0.15) is 12.1 Å². The van der Waals surface area contributed by atoms with Crippen molar-refractivity contribution in [3.05, 3.63) is 54.1 Å². The summed E-state index contributed by atoms with van der Waals surface area (Å²) in [6.45, 7) is 0.900. The molecule has 0 spiro atoms. The Morgan fingerprint density at radius 1 is 0.846 bits per heavy atom. The van der Waals surface area contributed by atoms with Crippen LogP contribution in [0.15, 0.2) is 42.9 Å². The quantitative estimate of drug-likeness (QED) is 0.159. The number of nitrogens with two attached hydrogens (primary N) is 1. The Kier molecular flexibility index (Phi) is 13.7. The van der Waals surface area contributed by atoms with Gasteiger partial charge >= 0.3 is 6.03 Å². The molecule has 1 saturated carbocycles. The lowest BCUT2D eigenvalue weighted by molar-refractivity contribution is -0.130. The molecule has 5 rings (SSSR count). The number of hydrogen-bond donors (Lipinski definition) is 6. The first-order chi connectivity index (χ1) is 24.8. The zero-order valence-electron chi connectivity index (χ0n) is 29.5. The molecule has 3 aliphatic rings. The number of hydrogen-bond acceptors (Lipinski definition) is 10. The minimum Gasteiger partial charge on any atom is -0.391 e. The Bertz CT molecular complexity index is 1660. The van der Waals surface area contributed by atoms with Crippen LogP contribution in [-0.4, -0.2) is 114 Å². The molecular weight excluding hydrogens is 711 g/mol. The predicted octanol–water partition coefficient (Wildman–Crippen LogP) is 0.947. The summed E-state index contributed by atoms with van der Waals surface area (Å²) in [5.74, 6) is -1.69. The van der Waals surface area contributed by atoms with E-state index in [0.717, 1.165) is 37.7 Å². The smallest absolute Gasteiger partial charge is 0.318 e. The molecule has 0 bridgehead atoms. The highest BCUT2D eigenvalue weighted by Crippen LogP contribution is 2.30. The Morgan fingerprint density at radius 2 is 1.48 bits per heavy atom. The fraction of sp³-hybridized carbons (Fsp3) is 0.657. The second kappa shape index (κ2) is 18.0. The molecule has 4 amide bonds. The van der Waals surface area contributed by atoms with Gasteiger partial charge in [0.25, 0.3) is 0 Å². The zero-order valence-corrected chi connectivity index (χ0v) is 31.1. The number of amides is 4. The Morgan fingerprint density at radius 3 is 2.12 bits per heavy atom. The van der Waals surface area contributed by atoms with Crippen molar-refractivity contribution in [1.82, 2.24) is 30.8 Å². The van der Waals surface area contributed by atoms with E-state index in [1.165, 1.54) is 12.5 Å². The lowest BCUT2D eigenvalue weighted by atomic mass is 9.83. The van der Waals surface area contributed by atoms with Gasteiger partial charge in [0.2, 0.25) is 11.8 Å². The molecule has 3 fully saturated rings. The van der Waals surface area contributed by atoms with Crippen molar-refractivity contribution in [2.45, 2.75) is 112 Å². The maximum atomic E-state index is 14.2. The van der Waals surface area contributed by atoms with Crippen LogP contribution >= 0.6 is 0 Å². The molecule has 4 atom stereocenters. The highest BCUT2D eigenvalue weighted by Gasteiger charge is 2.44. The van der Waals surface area contributed by atoms with Crippen LogP contribution in [-0.2, 0) is 42.1 Å². The molecule has 2 aromatic rings. The number of piperidine rings is 1. The number of aliphatic hydroxyl groups excluding tert-OH is 1. The number of benzene rings is 1. The number of aromatic amines is 1. The molecule has 17 heteroatoms. The molecule has 0 radical (unpaired) electrons. The van der Waals surface area contributed by atoms with Gasteiger partial charge in [0, 0.05) is 50.3 Å². The predicted molar refractivity (Wildman–Crippen MR) is 195 cm³/mol. The molecule has 1 aromatic heterocycles. The first-order valence-electron chi connectivity index (χ1n) is 18.3.